The lowest BCUT2D eigenvalue weighted by molar-refractivity contribution is 0.168. The van der Waals surface area contributed by atoms with Crippen molar-refractivity contribution in [2.75, 3.05) is 0 Å². The van der Waals surface area contributed by atoms with Gasteiger partial charge in [-0.2, -0.15) is 0 Å². The maximum absolute atomic E-state index is 13.1. The largest absolute Gasteiger partial charge is 0.488 e. The molecule has 0 fully saturated rings. The Kier molecular flexibility index (Phi) is 3.40. The molecule has 1 N–H and O–H groups in total. The molecular weight excluding hydrogens is 261 g/mol. The monoisotopic (exact) mass is 277 g/mol. The summed E-state index contributed by atoms with van der Waals surface area (Å²) in [5.41, 5.74) is 1.44. The zero-order valence-electron chi connectivity index (χ0n) is 11.2. The van der Waals surface area contributed by atoms with Gasteiger partial charge in [0, 0.05) is 12.0 Å². The van der Waals surface area contributed by atoms with Crippen molar-refractivity contribution in [2.45, 2.75) is 38.5 Å². The van der Waals surface area contributed by atoms with E-state index in [0.29, 0.717) is 25.1 Å². The van der Waals surface area contributed by atoms with E-state index in [-0.39, 0.29) is 11.9 Å². The van der Waals surface area contributed by atoms with Crippen molar-refractivity contribution in [2.24, 2.45) is 0 Å². The van der Waals surface area contributed by atoms with Gasteiger partial charge in [-0.25, -0.2) is 9.07 Å². The van der Waals surface area contributed by atoms with Gasteiger partial charge in [0.2, 0.25) is 0 Å². The van der Waals surface area contributed by atoms with Gasteiger partial charge in [0.25, 0.3) is 0 Å². The van der Waals surface area contributed by atoms with E-state index in [2.05, 4.69) is 10.3 Å². The molecule has 0 saturated carbocycles. The quantitative estimate of drug-likeness (QED) is 0.926. The molecule has 20 heavy (non-hydrogen) atoms. The first kappa shape index (κ1) is 13.1. The third-order valence-corrected chi connectivity index (χ3v) is 3.44. The number of hydrogen-bond donors (Lipinski definition) is 1. The van der Waals surface area contributed by atoms with Crippen molar-refractivity contribution in [3.05, 3.63) is 41.5 Å². The summed E-state index contributed by atoms with van der Waals surface area (Å²) < 4.78 is 20.5. The fraction of sp³-hybridized carbons (Fsp3) is 0.429. The summed E-state index contributed by atoms with van der Waals surface area (Å²) in [6.07, 6.45) is 2.31. The summed E-state index contributed by atoms with van der Waals surface area (Å²) in [5.74, 6) is 0.479. The summed E-state index contributed by atoms with van der Waals surface area (Å²) in [7, 11) is 0. The molecule has 106 valence electrons. The molecular formula is C14H16FN3O2. The number of aromatic nitrogens is 3. The molecule has 2 atom stereocenters. The minimum absolute atomic E-state index is 0.0832. The SMILES string of the molecule is CCC(O)c1cn(CC2Cc3cc(F)ccc3O2)nn1. The van der Waals surface area contributed by atoms with E-state index in [9.17, 15) is 9.50 Å². The third-order valence-electron chi connectivity index (χ3n) is 3.44. The van der Waals surface area contributed by atoms with E-state index in [1.165, 1.54) is 12.1 Å². The first-order valence-corrected chi connectivity index (χ1v) is 6.69. The second-order valence-corrected chi connectivity index (χ2v) is 4.99. The van der Waals surface area contributed by atoms with Gasteiger partial charge in [-0.1, -0.05) is 12.1 Å². The number of nitrogens with zero attached hydrogens (tertiary/aromatic N) is 3. The number of rotatable bonds is 4. The lowest BCUT2D eigenvalue weighted by Crippen LogP contribution is -2.21. The summed E-state index contributed by atoms with van der Waals surface area (Å²) >= 11 is 0. The van der Waals surface area contributed by atoms with Gasteiger partial charge >= 0.3 is 0 Å². The predicted octanol–water partition coefficient (Wildman–Crippen LogP) is 1.86. The first-order valence-electron chi connectivity index (χ1n) is 6.69. The standard InChI is InChI=1S/C14H16FN3O2/c1-2-13(19)12-8-18(17-16-12)7-11-6-9-5-10(15)3-4-14(9)20-11/h3-5,8,11,13,19H,2,6-7H2,1H3. The molecule has 2 heterocycles. The molecule has 3 rings (SSSR count). The van der Waals surface area contributed by atoms with Gasteiger partial charge in [-0.3, -0.25) is 0 Å². The van der Waals surface area contributed by atoms with Crippen LogP contribution in [0.15, 0.2) is 24.4 Å². The number of aliphatic hydroxyl groups is 1. The zero-order valence-corrected chi connectivity index (χ0v) is 11.2. The van der Waals surface area contributed by atoms with E-state index in [1.807, 2.05) is 6.92 Å². The Morgan fingerprint density at radius 3 is 3.20 bits per heavy atom. The molecule has 1 aromatic heterocycles. The van der Waals surface area contributed by atoms with Crippen molar-refractivity contribution in [1.29, 1.82) is 0 Å². The second-order valence-electron chi connectivity index (χ2n) is 4.99. The van der Waals surface area contributed by atoms with Crippen molar-refractivity contribution in [1.82, 2.24) is 15.0 Å². The van der Waals surface area contributed by atoms with Crippen LogP contribution in [0, 0.1) is 5.82 Å². The molecule has 0 radical (unpaired) electrons. The van der Waals surface area contributed by atoms with Crippen molar-refractivity contribution in [3.8, 4) is 5.75 Å². The van der Waals surface area contributed by atoms with Crippen LogP contribution in [0.5, 0.6) is 5.75 Å². The third kappa shape index (κ3) is 2.51. The highest BCUT2D eigenvalue weighted by atomic mass is 19.1. The highest BCUT2D eigenvalue weighted by molar-refractivity contribution is 5.37. The molecule has 0 aliphatic carbocycles. The van der Waals surface area contributed by atoms with Crippen LogP contribution in [0.1, 0.15) is 30.7 Å². The molecule has 2 aromatic rings. The van der Waals surface area contributed by atoms with Crippen LogP contribution < -0.4 is 4.74 Å². The highest BCUT2D eigenvalue weighted by Gasteiger charge is 2.24. The fourth-order valence-electron chi connectivity index (χ4n) is 2.36. The molecule has 1 aromatic carbocycles. The highest BCUT2D eigenvalue weighted by Crippen LogP contribution is 2.29. The average Bonchev–Trinajstić information content (AvgIpc) is 3.04. The molecule has 1 aliphatic heterocycles. The van der Waals surface area contributed by atoms with E-state index in [4.69, 9.17) is 4.74 Å². The zero-order chi connectivity index (χ0) is 14.1. The van der Waals surface area contributed by atoms with E-state index in [1.54, 1.807) is 16.9 Å². The van der Waals surface area contributed by atoms with Crippen molar-refractivity contribution >= 4 is 0 Å². The molecule has 0 saturated heterocycles. The number of benzene rings is 1. The van der Waals surface area contributed by atoms with Crippen LogP contribution in [-0.2, 0) is 13.0 Å². The maximum Gasteiger partial charge on any atom is 0.123 e. The molecule has 6 heteroatoms. The normalized spacial score (nSPS) is 18.6. The van der Waals surface area contributed by atoms with Gasteiger partial charge in [0.05, 0.1) is 18.8 Å². The maximum atomic E-state index is 13.1. The summed E-state index contributed by atoms with van der Waals surface area (Å²) in [6, 6.07) is 4.55. The van der Waals surface area contributed by atoms with E-state index < -0.39 is 6.10 Å². The molecule has 0 bridgehead atoms. The minimum atomic E-state index is -0.584. The Morgan fingerprint density at radius 2 is 2.40 bits per heavy atom. The molecule has 0 spiro atoms. The number of aliphatic hydroxyl groups excluding tert-OH is 1. The number of hydrogen-bond acceptors (Lipinski definition) is 4. The topological polar surface area (TPSA) is 60.2 Å². The fourth-order valence-corrected chi connectivity index (χ4v) is 2.36. The van der Waals surface area contributed by atoms with Crippen LogP contribution in [0.3, 0.4) is 0 Å². The molecule has 5 nitrogen and oxygen atoms in total. The summed E-state index contributed by atoms with van der Waals surface area (Å²) in [5, 5.41) is 17.6. The van der Waals surface area contributed by atoms with Crippen LogP contribution in [0.4, 0.5) is 4.39 Å². The van der Waals surface area contributed by atoms with Gasteiger partial charge < -0.3 is 9.84 Å². The van der Waals surface area contributed by atoms with Gasteiger partial charge in [-0.15, -0.1) is 5.10 Å². The Labute approximate surface area is 116 Å². The van der Waals surface area contributed by atoms with Crippen LogP contribution in [-0.4, -0.2) is 26.2 Å². The Bertz CT molecular complexity index is 614. The smallest absolute Gasteiger partial charge is 0.123 e. The van der Waals surface area contributed by atoms with Crippen molar-refractivity contribution in [3.63, 3.8) is 0 Å². The molecule has 1 aliphatic rings. The minimum Gasteiger partial charge on any atom is -0.488 e. The predicted molar refractivity (Wildman–Crippen MR) is 69.8 cm³/mol. The number of ether oxygens (including phenoxy) is 1. The van der Waals surface area contributed by atoms with Crippen LogP contribution in [0.25, 0.3) is 0 Å². The molecule has 0 amide bonds. The van der Waals surface area contributed by atoms with Crippen molar-refractivity contribution < 1.29 is 14.2 Å². The summed E-state index contributed by atoms with van der Waals surface area (Å²) in [4.78, 5) is 0. The Hall–Kier alpha value is -1.95. The lowest BCUT2D eigenvalue weighted by Gasteiger charge is -2.09. The second kappa shape index (κ2) is 5.20. The van der Waals surface area contributed by atoms with Crippen LogP contribution >= 0.6 is 0 Å². The van der Waals surface area contributed by atoms with Gasteiger partial charge in [0.15, 0.2) is 0 Å². The van der Waals surface area contributed by atoms with Gasteiger partial charge in [-0.05, 0) is 24.6 Å². The summed E-state index contributed by atoms with van der Waals surface area (Å²) in [6.45, 7) is 2.41. The first-order chi connectivity index (χ1) is 9.65. The van der Waals surface area contributed by atoms with Gasteiger partial charge in [0.1, 0.15) is 23.4 Å². The number of halogens is 1. The van der Waals surface area contributed by atoms with E-state index >= 15 is 0 Å². The van der Waals surface area contributed by atoms with E-state index in [0.717, 1.165) is 11.3 Å². The Morgan fingerprint density at radius 1 is 1.55 bits per heavy atom. The molecule has 2 unspecified atom stereocenters. The number of fused-ring (bicyclic) bond motifs is 1. The Balaban J connectivity index is 1.67. The lowest BCUT2D eigenvalue weighted by atomic mass is 10.1. The van der Waals surface area contributed by atoms with Crippen LogP contribution in [0.2, 0.25) is 0 Å². The average molecular weight is 277 g/mol.